The van der Waals surface area contributed by atoms with E-state index in [0.717, 1.165) is 0 Å². The molecule has 1 nitrogen and oxygen atoms in total. The average molecular weight is 256 g/mol. The third kappa shape index (κ3) is 2.72. The van der Waals surface area contributed by atoms with E-state index in [2.05, 4.69) is 0 Å². The van der Waals surface area contributed by atoms with Crippen molar-refractivity contribution < 1.29 is 26.7 Å². The minimum atomic E-state index is -5.86. The number of halogens is 5. The van der Waals surface area contributed by atoms with Crippen molar-refractivity contribution in [2.24, 2.45) is 0 Å². The molecule has 0 aliphatic rings. The highest BCUT2D eigenvalue weighted by molar-refractivity contribution is 8.13. The molecular formula is C9H5F5OS. The van der Waals surface area contributed by atoms with Crippen LogP contribution in [-0.2, 0) is 4.79 Å². The molecule has 1 aromatic rings. The lowest BCUT2D eigenvalue weighted by atomic mass is 10.4. The van der Waals surface area contributed by atoms with Crippen LogP contribution in [0, 0.1) is 0 Å². The molecule has 0 bridgehead atoms. The monoisotopic (exact) mass is 256 g/mol. The standard InChI is InChI=1S/C9H5F5OS/c10-8(11,9(12,13)14)7(15)16-6-4-2-1-3-5-6/h1-5H. The SMILES string of the molecule is O=C(Sc1ccccc1)C(F)(F)C(F)(F)F. The second-order valence-electron chi connectivity index (χ2n) is 2.77. The summed E-state index contributed by atoms with van der Waals surface area (Å²) in [5, 5.41) is -2.23. The van der Waals surface area contributed by atoms with Crippen molar-refractivity contribution in [3.8, 4) is 0 Å². The Bertz CT molecular complexity index is 373. The van der Waals surface area contributed by atoms with E-state index in [4.69, 9.17) is 0 Å². The molecule has 0 saturated carbocycles. The van der Waals surface area contributed by atoms with Crippen LogP contribution in [0.2, 0.25) is 0 Å². The number of hydrogen-bond donors (Lipinski definition) is 0. The molecule has 0 unspecified atom stereocenters. The maximum absolute atomic E-state index is 12.5. The molecule has 0 spiro atoms. The zero-order chi connectivity index (χ0) is 12.4. The van der Waals surface area contributed by atoms with E-state index >= 15 is 0 Å². The Balaban J connectivity index is 2.81. The number of thioether (sulfide) groups is 1. The van der Waals surface area contributed by atoms with Crippen LogP contribution >= 0.6 is 11.8 Å². The summed E-state index contributed by atoms with van der Waals surface area (Å²) < 4.78 is 60.4. The topological polar surface area (TPSA) is 17.1 Å². The molecule has 88 valence electrons. The van der Waals surface area contributed by atoms with Crippen LogP contribution in [0.4, 0.5) is 22.0 Å². The Morgan fingerprint density at radius 2 is 1.50 bits per heavy atom. The lowest BCUT2D eigenvalue weighted by Crippen LogP contribution is -2.42. The van der Waals surface area contributed by atoms with Gasteiger partial charge in [-0.2, -0.15) is 22.0 Å². The fourth-order valence-corrected chi connectivity index (χ4v) is 1.53. The van der Waals surface area contributed by atoms with Gasteiger partial charge < -0.3 is 0 Å². The molecule has 1 aromatic carbocycles. The first kappa shape index (κ1) is 13.0. The largest absolute Gasteiger partial charge is 0.462 e. The number of hydrogen-bond acceptors (Lipinski definition) is 2. The second-order valence-corrected chi connectivity index (χ2v) is 3.82. The van der Waals surface area contributed by atoms with Gasteiger partial charge in [0, 0.05) is 4.90 Å². The molecule has 0 aliphatic heterocycles. The Hall–Kier alpha value is -1.11. The summed E-state index contributed by atoms with van der Waals surface area (Å²) in [5.74, 6) is -5.33. The van der Waals surface area contributed by atoms with Crippen molar-refractivity contribution in [1.29, 1.82) is 0 Å². The smallest absolute Gasteiger partial charge is 0.280 e. The van der Waals surface area contributed by atoms with Crippen LogP contribution in [0.1, 0.15) is 0 Å². The maximum atomic E-state index is 12.5. The predicted octanol–water partition coefficient (Wildman–Crippen LogP) is 3.50. The molecule has 0 fully saturated rings. The van der Waals surface area contributed by atoms with Crippen molar-refractivity contribution in [3.63, 3.8) is 0 Å². The second kappa shape index (κ2) is 4.40. The fraction of sp³-hybridized carbons (Fsp3) is 0.222. The van der Waals surface area contributed by atoms with Crippen LogP contribution in [-0.4, -0.2) is 17.2 Å². The maximum Gasteiger partial charge on any atom is 0.462 e. The van der Waals surface area contributed by atoms with Gasteiger partial charge in [0.25, 0.3) is 5.12 Å². The molecule has 0 saturated heterocycles. The summed E-state index contributed by atoms with van der Waals surface area (Å²) in [7, 11) is 0. The summed E-state index contributed by atoms with van der Waals surface area (Å²) in [5.41, 5.74) is 0. The fourth-order valence-electron chi connectivity index (χ4n) is 0.775. The zero-order valence-corrected chi connectivity index (χ0v) is 8.41. The van der Waals surface area contributed by atoms with Gasteiger partial charge in [-0.25, -0.2) is 0 Å². The highest BCUT2D eigenvalue weighted by Crippen LogP contribution is 2.40. The first-order valence-electron chi connectivity index (χ1n) is 3.97. The highest BCUT2D eigenvalue weighted by atomic mass is 32.2. The molecule has 16 heavy (non-hydrogen) atoms. The van der Waals surface area contributed by atoms with Crippen molar-refractivity contribution in [1.82, 2.24) is 0 Å². The Labute approximate surface area is 91.6 Å². The van der Waals surface area contributed by atoms with E-state index in [9.17, 15) is 26.7 Å². The van der Waals surface area contributed by atoms with Crippen LogP contribution in [0.3, 0.4) is 0 Å². The van der Waals surface area contributed by atoms with Crippen molar-refractivity contribution in [2.45, 2.75) is 17.0 Å². The quantitative estimate of drug-likeness (QED) is 0.595. The number of carbonyl (C=O) groups excluding carboxylic acids is 1. The summed E-state index contributed by atoms with van der Waals surface area (Å²) in [6, 6.07) is 6.96. The van der Waals surface area contributed by atoms with Crippen LogP contribution in [0.25, 0.3) is 0 Å². The Kier molecular flexibility index (Phi) is 3.57. The third-order valence-corrected chi connectivity index (χ3v) is 2.52. The van der Waals surface area contributed by atoms with Gasteiger partial charge in [0.1, 0.15) is 0 Å². The van der Waals surface area contributed by atoms with Gasteiger partial charge in [-0.3, -0.25) is 4.79 Å². The molecule has 1 rings (SSSR count). The van der Waals surface area contributed by atoms with Crippen molar-refractivity contribution in [2.75, 3.05) is 0 Å². The van der Waals surface area contributed by atoms with Crippen LogP contribution in [0.5, 0.6) is 0 Å². The molecule has 0 heterocycles. The van der Waals surface area contributed by atoms with Crippen LogP contribution in [0.15, 0.2) is 35.2 Å². The van der Waals surface area contributed by atoms with Crippen molar-refractivity contribution in [3.05, 3.63) is 30.3 Å². The Morgan fingerprint density at radius 1 is 1.00 bits per heavy atom. The van der Waals surface area contributed by atoms with E-state index in [-0.39, 0.29) is 16.7 Å². The zero-order valence-electron chi connectivity index (χ0n) is 7.59. The minimum absolute atomic E-state index is 0.0384. The molecule has 0 atom stereocenters. The van der Waals surface area contributed by atoms with E-state index in [1.165, 1.54) is 24.3 Å². The molecular weight excluding hydrogens is 251 g/mol. The van der Waals surface area contributed by atoms with Gasteiger partial charge in [0.15, 0.2) is 0 Å². The van der Waals surface area contributed by atoms with Crippen molar-refractivity contribution >= 4 is 16.9 Å². The predicted molar refractivity (Wildman–Crippen MR) is 48.3 cm³/mol. The van der Waals surface area contributed by atoms with E-state index < -0.39 is 17.2 Å². The van der Waals surface area contributed by atoms with Gasteiger partial charge >= 0.3 is 12.1 Å². The average Bonchev–Trinajstić information content (AvgIpc) is 2.17. The number of rotatable bonds is 2. The van der Waals surface area contributed by atoms with Gasteiger partial charge in [-0.1, -0.05) is 18.2 Å². The van der Waals surface area contributed by atoms with E-state index in [1.54, 1.807) is 6.07 Å². The molecule has 0 aromatic heterocycles. The molecule has 7 heteroatoms. The normalized spacial score (nSPS) is 12.6. The van der Waals surface area contributed by atoms with Crippen LogP contribution < -0.4 is 0 Å². The molecule has 0 amide bonds. The summed E-state index contributed by atoms with van der Waals surface area (Å²) in [4.78, 5) is 10.8. The lowest BCUT2D eigenvalue weighted by molar-refractivity contribution is -0.264. The summed E-state index contributed by atoms with van der Waals surface area (Å²) >= 11 is -0.132. The summed E-state index contributed by atoms with van der Waals surface area (Å²) in [6.07, 6.45) is -5.86. The third-order valence-electron chi connectivity index (χ3n) is 1.57. The Morgan fingerprint density at radius 3 is 1.94 bits per heavy atom. The van der Waals surface area contributed by atoms with Gasteiger partial charge in [0.2, 0.25) is 0 Å². The van der Waals surface area contributed by atoms with E-state index in [0.29, 0.717) is 0 Å². The molecule has 0 aliphatic carbocycles. The number of alkyl halides is 5. The first-order valence-corrected chi connectivity index (χ1v) is 4.78. The van der Waals surface area contributed by atoms with E-state index in [1.807, 2.05) is 0 Å². The van der Waals surface area contributed by atoms with Gasteiger partial charge in [-0.15, -0.1) is 0 Å². The lowest BCUT2D eigenvalue weighted by Gasteiger charge is -2.17. The first-order chi connectivity index (χ1) is 7.25. The minimum Gasteiger partial charge on any atom is -0.280 e. The summed E-state index contributed by atoms with van der Waals surface area (Å²) in [6.45, 7) is 0. The number of benzene rings is 1. The highest BCUT2D eigenvalue weighted by Gasteiger charge is 2.63. The van der Waals surface area contributed by atoms with Gasteiger partial charge in [-0.05, 0) is 23.9 Å². The van der Waals surface area contributed by atoms with Gasteiger partial charge in [0.05, 0.1) is 0 Å². The molecule has 0 N–H and O–H groups in total. The molecule has 0 radical (unpaired) electrons. The number of carbonyl (C=O) groups is 1.